The Labute approximate surface area is 197 Å². The summed E-state index contributed by atoms with van der Waals surface area (Å²) in [5, 5.41) is 0. The van der Waals surface area contributed by atoms with Crippen LogP contribution in [0.5, 0.6) is 11.5 Å². The molecule has 0 bridgehead atoms. The van der Waals surface area contributed by atoms with Crippen LogP contribution in [0.15, 0.2) is 48.5 Å². The van der Waals surface area contributed by atoms with Gasteiger partial charge < -0.3 is 28.9 Å². The number of piperazine rings is 1. The van der Waals surface area contributed by atoms with Crippen LogP contribution in [0, 0.1) is 5.92 Å². The number of carbonyl (C=O) groups is 3. The van der Waals surface area contributed by atoms with Gasteiger partial charge in [0.05, 0.1) is 5.92 Å². The zero-order chi connectivity index (χ0) is 23.5. The molecule has 0 unspecified atom stereocenters. The van der Waals surface area contributed by atoms with Crippen molar-refractivity contribution in [1.82, 2.24) is 4.90 Å². The van der Waals surface area contributed by atoms with E-state index in [1.165, 1.54) is 0 Å². The van der Waals surface area contributed by atoms with Gasteiger partial charge in [-0.25, -0.2) is 0 Å². The summed E-state index contributed by atoms with van der Waals surface area (Å²) in [6, 6.07) is 15.4. The molecule has 0 saturated carbocycles. The summed E-state index contributed by atoms with van der Waals surface area (Å²) in [4.78, 5) is 43.2. The molecule has 2 amide bonds. The Morgan fingerprint density at radius 1 is 0.912 bits per heavy atom. The maximum absolute atomic E-state index is 12.6. The monoisotopic (exact) mass is 465 g/mol. The predicted molar refractivity (Wildman–Crippen MR) is 124 cm³/mol. The molecule has 0 aromatic heterocycles. The van der Waals surface area contributed by atoms with Gasteiger partial charge >= 0.3 is 5.97 Å². The van der Waals surface area contributed by atoms with E-state index in [2.05, 4.69) is 17.0 Å². The largest absolute Gasteiger partial charge is 0.486 e. The maximum Gasteiger partial charge on any atom is 0.311 e. The van der Waals surface area contributed by atoms with Gasteiger partial charge in [0.2, 0.25) is 5.91 Å². The molecule has 34 heavy (non-hydrogen) atoms. The summed E-state index contributed by atoms with van der Waals surface area (Å²) < 4.78 is 16.4. The van der Waals surface area contributed by atoms with Crippen molar-refractivity contribution in [3.63, 3.8) is 0 Å². The molecular formula is C25H27N3O6. The fraction of sp³-hybridized carbons (Fsp3) is 0.400. The molecule has 5 rings (SSSR count). The van der Waals surface area contributed by atoms with Crippen LogP contribution >= 0.6 is 0 Å². The van der Waals surface area contributed by atoms with Gasteiger partial charge in [0.1, 0.15) is 13.2 Å². The minimum atomic E-state index is -0.608. The van der Waals surface area contributed by atoms with Crippen molar-refractivity contribution in [2.24, 2.45) is 5.92 Å². The minimum Gasteiger partial charge on any atom is -0.486 e. The molecule has 0 spiro atoms. The summed E-state index contributed by atoms with van der Waals surface area (Å²) in [6.07, 6.45) is 0.0528. The Morgan fingerprint density at radius 2 is 1.65 bits per heavy atom. The van der Waals surface area contributed by atoms with E-state index in [1.807, 2.05) is 18.2 Å². The summed E-state index contributed by atoms with van der Waals surface area (Å²) in [5.74, 6) is -0.287. The molecule has 3 aliphatic rings. The number of carbonyl (C=O) groups excluding carboxylic acids is 3. The van der Waals surface area contributed by atoms with Gasteiger partial charge in [0.25, 0.3) is 5.91 Å². The van der Waals surface area contributed by atoms with Crippen LogP contribution < -0.4 is 19.3 Å². The first-order valence-electron chi connectivity index (χ1n) is 11.5. The molecular weight excluding hydrogens is 438 g/mol. The first-order valence-corrected chi connectivity index (χ1v) is 11.5. The molecule has 2 saturated heterocycles. The van der Waals surface area contributed by atoms with E-state index in [4.69, 9.17) is 14.2 Å². The van der Waals surface area contributed by atoms with E-state index in [0.29, 0.717) is 43.5 Å². The molecule has 1 atom stereocenters. The topological polar surface area (TPSA) is 88.6 Å². The van der Waals surface area contributed by atoms with E-state index >= 15 is 0 Å². The second-order valence-electron chi connectivity index (χ2n) is 8.54. The summed E-state index contributed by atoms with van der Waals surface area (Å²) in [7, 11) is 0. The van der Waals surface area contributed by atoms with Crippen LogP contribution in [-0.2, 0) is 19.1 Å². The molecule has 0 radical (unpaired) electrons. The van der Waals surface area contributed by atoms with Gasteiger partial charge in [-0.15, -0.1) is 0 Å². The lowest BCUT2D eigenvalue weighted by molar-refractivity contribution is -0.155. The minimum absolute atomic E-state index is 0.0528. The first-order chi connectivity index (χ1) is 16.6. The summed E-state index contributed by atoms with van der Waals surface area (Å²) in [5.41, 5.74) is 1.78. The quantitative estimate of drug-likeness (QED) is 0.621. The van der Waals surface area contributed by atoms with E-state index in [0.717, 1.165) is 18.8 Å². The standard InChI is InChI=1S/C25H27N3O6/c29-23-14-18(16-28(23)20-6-7-21-22(15-20)33-13-12-32-21)25(31)34-17-24(30)27-10-8-26(9-11-27)19-4-2-1-3-5-19/h1-7,15,18H,8-14,16-17H2/t18-/m1/s1. The molecule has 2 fully saturated rings. The third-order valence-electron chi connectivity index (χ3n) is 6.39. The van der Waals surface area contributed by atoms with Crippen molar-refractivity contribution in [3.8, 4) is 11.5 Å². The molecule has 9 heteroatoms. The number of anilines is 2. The molecule has 3 aliphatic heterocycles. The van der Waals surface area contributed by atoms with Crippen LogP contribution in [0.3, 0.4) is 0 Å². The average Bonchev–Trinajstić information content (AvgIpc) is 3.29. The number of rotatable bonds is 5. The molecule has 9 nitrogen and oxygen atoms in total. The Kier molecular flexibility index (Phi) is 6.24. The number of amides is 2. The number of nitrogens with zero attached hydrogens (tertiary/aromatic N) is 3. The van der Waals surface area contributed by atoms with Gasteiger partial charge in [0, 0.05) is 56.6 Å². The highest BCUT2D eigenvalue weighted by Gasteiger charge is 2.37. The SMILES string of the molecule is O=C(OCC(=O)N1CCN(c2ccccc2)CC1)[C@@H]1CC(=O)N(c2ccc3c(c2)OCCO3)C1. The number of hydrogen-bond acceptors (Lipinski definition) is 7. The zero-order valence-corrected chi connectivity index (χ0v) is 18.9. The van der Waals surface area contributed by atoms with E-state index in [-0.39, 0.29) is 31.4 Å². The number of esters is 1. The molecule has 0 aliphatic carbocycles. The number of hydrogen-bond donors (Lipinski definition) is 0. The summed E-state index contributed by atoms with van der Waals surface area (Å²) >= 11 is 0. The van der Waals surface area contributed by atoms with E-state index in [9.17, 15) is 14.4 Å². The van der Waals surface area contributed by atoms with Crippen molar-refractivity contribution in [2.45, 2.75) is 6.42 Å². The number of ether oxygens (including phenoxy) is 3. The molecule has 0 N–H and O–H groups in total. The Balaban J connectivity index is 1.11. The zero-order valence-electron chi connectivity index (χ0n) is 18.9. The van der Waals surface area contributed by atoms with Gasteiger partial charge in [-0.3, -0.25) is 14.4 Å². The van der Waals surface area contributed by atoms with Crippen molar-refractivity contribution in [2.75, 3.05) is 62.3 Å². The highest BCUT2D eigenvalue weighted by atomic mass is 16.6. The van der Waals surface area contributed by atoms with Crippen molar-refractivity contribution < 1.29 is 28.6 Å². The van der Waals surface area contributed by atoms with Gasteiger partial charge in [-0.05, 0) is 24.3 Å². The lowest BCUT2D eigenvalue weighted by Crippen LogP contribution is -2.50. The van der Waals surface area contributed by atoms with Crippen molar-refractivity contribution in [1.29, 1.82) is 0 Å². The smallest absolute Gasteiger partial charge is 0.311 e. The number of para-hydroxylation sites is 1. The van der Waals surface area contributed by atoms with Crippen molar-refractivity contribution >= 4 is 29.2 Å². The Hall–Kier alpha value is -3.75. The van der Waals surface area contributed by atoms with Gasteiger partial charge in [-0.2, -0.15) is 0 Å². The van der Waals surface area contributed by atoms with Crippen LogP contribution in [0.2, 0.25) is 0 Å². The first kappa shape index (κ1) is 22.1. The molecule has 2 aromatic carbocycles. The fourth-order valence-corrected chi connectivity index (χ4v) is 4.51. The second-order valence-corrected chi connectivity index (χ2v) is 8.54. The van der Waals surface area contributed by atoms with Crippen LogP contribution in [-0.4, -0.2) is 75.2 Å². The molecule has 3 heterocycles. The third kappa shape index (κ3) is 4.64. The lowest BCUT2D eigenvalue weighted by atomic mass is 10.1. The predicted octanol–water partition coefficient (Wildman–Crippen LogP) is 1.70. The second kappa shape index (κ2) is 9.62. The van der Waals surface area contributed by atoms with Crippen LogP contribution in [0.1, 0.15) is 6.42 Å². The number of fused-ring (bicyclic) bond motifs is 1. The lowest BCUT2D eigenvalue weighted by Gasteiger charge is -2.36. The van der Waals surface area contributed by atoms with Crippen molar-refractivity contribution in [3.05, 3.63) is 48.5 Å². The Morgan fingerprint density at radius 3 is 2.41 bits per heavy atom. The molecule has 2 aromatic rings. The number of benzene rings is 2. The van der Waals surface area contributed by atoms with E-state index < -0.39 is 11.9 Å². The van der Waals surface area contributed by atoms with Gasteiger partial charge in [-0.1, -0.05) is 18.2 Å². The van der Waals surface area contributed by atoms with Crippen LogP contribution in [0.25, 0.3) is 0 Å². The normalized spacial score (nSPS) is 19.8. The molecule has 178 valence electrons. The maximum atomic E-state index is 12.6. The highest BCUT2D eigenvalue weighted by molar-refractivity contribution is 6.00. The average molecular weight is 466 g/mol. The highest BCUT2D eigenvalue weighted by Crippen LogP contribution is 2.36. The van der Waals surface area contributed by atoms with Crippen LogP contribution in [0.4, 0.5) is 11.4 Å². The fourth-order valence-electron chi connectivity index (χ4n) is 4.51. The summed E-state index contributed by atoms with van der Waals surface area (Å²) in [6.45, 7) is 3.45. The Bertz CT molecular complexity index is 1070. The third-order valence-corrected chi connectivity index (χ3v) is 6.39. The van der Waals surface area contributed by atoms with Gasteiger partial charge in [0.15, 0.2) is 18.1 Å². The van der Waals surface area contributed by atoms with E-state index in [1.54, 1.807) is 28.0 Å².